The molecule has 0 saturated carbocycles. The number of methoxy groups -OCH3 is 1. The number of nitro groups is 1. The van der Waals surface area contributed by atoms with E-state index in [2.05, 4.69) is 26.5 Å². The van der Waals surface area contributed by atoms with Crippen LogP contribution in [0.5, 0.6) is 0 Å². The van der Waals surface area contributed by atoms with Gasteiger partial charge in [0, 0.05) is 54.8 Å². The number of morpholine rings is 1. The average molecular weight is 410 g/mol. The molecule has 2 heterocycles. The number of benzene rings is 1. The zero-order valence-corrected chi connectivity index (χ0v) is 16.8. The van der Waals surface area contributed by atoms with E-state index < -0.39 is 4.92 Å². The van der Waals surface area contributed by atoms with Gasteiger partial charge in [-0.2, -0.15) is 10.4 Å². The Kier molecular flexibility index (Phi) is 6.90. The third-order valence-corrected chi connectivity index (χ3v) is 4.59. The smallest absolute Gasteiger partial charge is 0.270 e. The Morgan fingerprint density at radius 2 is 2.20 bits per heavy atom. The van der Waals surface area contributed by atoms with Gasteiger partial charge in [-0.05, 0) is 19.1 Å². The molecule has 0 unspecified atom stereocenters. The number of hydrogen-bond donors (Lipinski definition) is 1. The van der Waals surface area contributed by atoms with E-state index in [0.717, 1.165) is 5.69 Å². The Labute approximate surface area is 173 Å². The number of anilines is 2. The standard InChI is InChI=1S/C20H22N6O4/c1-14-9-16(13-29-2)18(11-21)20(23-14)24-22-12-15-10-17(26(27)28)3-4-19(15)25-5-7-30-8-6-25/h3-4,9-10,12H,5-8,13H2,1-2H3,(H,23,24)/b22-12-. The zero-order chi connectivity index (χ0) is 21.5. The maximum absolute atomic E-state index is 11.2. The maximum Gasteiger partial charge on any atom is 0.270 e. The predicted molar refractivity (Wildman–Crippen MR) is 112 cm³/mol. The molecule has 10 heteroatoms. The van der Waals surface area contributed by atoms with E-state index in [1.165, 1.54) is 18.3 Å². The first-order valence-electron chi connectivity index (χ1n) is 9.33. The Bertz CT molecular complexity index is 996. The number of aryl methyl sites for hydroxylation is 1. The van der Waals surface area contributed by atoms with Crippen LogP contribution in [-0.2, 0) is 16.1 Å². The molecule has 0 spiro atoms. The molecule has 30 heavy (non-hydrogen) atoms. The van der Waals surface area contributed by atoms with Crippen LogP contribution in [0.4, 0.5) is 17.2 Å². The number of non-ortho nitro benzene ring substituents is 1. The lowest BCUT2D eigenvalue weighted by Gasteiger charge is -2.29. The van der Waals surface area contributed by atoms with E-state index in [1.54, 1.807) is 19.2 Å². The van der Waals surface area contributed by atoms with Gasteiger partial charge in [0.2, 0.25) is 0 Å². The molecular weight excluding hydrogens is 388 g/mol. The van der Waals surface area contributed by atoms with Gasteiger partial charge in [-0.25, -0.2) is 4.98 Å². The fourth-order valence-electron chi connectivity index (χ4n) is 3.23. The lowest BCUT2D eigenvalue weighted by atomic mass is 10.1. The first-order valence-corrected chi connectivity index (χ1v) is 9.33. The normalized spacial score (nSPS) is 14.0. The first-order chi connectivity index (χ1) is 14.5. The van der Waals surface area contributed by atoms with Gasteiger partial charge in [0.1, 0.15) is 11.6 Å². The van der Waals surface area contributed by atoms with Crippen LogP contribution in [-0.4, -0.2) is 49.5 Å². The molecule has 1 aromatic carbocycles. The number of ether oxygens (including phenoxy) is 2. The van der Waals surface area contributed by atoms with Crippen molar-refractivity contribution >= 4 is 23.4 Å². The Morgan fingerprint density at radius 1 is 1.43 bits per heavy atom. The second kappa shape index (κ2) is 9.78. The molecule has 1 aliphatic rings. The molecule has 0 amide bonds. The van der Waals surface area contributed by atoms with E-state index >= 15 is 0 Å². The van der Waals surface area contributed by atoms with E-state index in [-0.39, 0.29) is 12.3 Å². The van der Waals surface area contributed by atoms with E-state index in [1.807, 2.05) is 6.92 Å². The molecule has 0 bridgehead atoms. The number of aromatic nitrogens is 1. The number of nitro benzene ring substituents is 1. The average Bonchev–Trinajstić information content (AvgIpc) is 2.74. The minimum Gasteiger partial charge on any atom is -0.380 e. The van der Waals surface area contributed by atoms with Gasteiger partial charge in [-0.3, -0.25) is 15.5 Å². The fourth-order valence-corrected chi connectivity index (χ4v) is 3.23. The summed E-state index contributed by atoms with van der Waals surface area (Å²) in [5, 5.41) is 24.9. The van der Waals surface area contributed by atoms with Gasteiger partial charge in [-0.15, -0.1) is 0 Å². The molecule has 156 valence electrons. The summed E-state index contributed by atoms with van der Waals surface area (Å²) in [6, 6.07) is 8.57. The molecule has 1 aromatic heterocycles. The van der Waals surface area contributed by atoms with Crippen LogP contribution in [0.25, 0.3) is 0 Å². The number of nitrogens with zero attached hydrogens (tertiary/aromatic N) is 5. The first kappa shape index (κ1) is 21.2. The van der Waals surface area contributed by atoms with Crippen molar-refractivity contribution in [1.82, 2.24) is 4.98 Å². The third kappa shape index (κ3) is 4.89. The van der Waals surface area contributed by atoms with Crippen LogP contribution >= 0.6 is 0 Å². The molecule has 1 fully saturated rings. The van der Waals surface area contributed by atoms with Gasteiger partial charge in [0.25, 0.3) is 5.69 Å². The summed E-state index contributed by atoms with van der Waals surface area (Å²) in [7, 11) is 1.55. The molecular formula is C20H22N6O4. The lowest BCUT2D eigenvalue weighted by Crippen LogP contribution is -2.36. The van der Waals surface area contributed by atoms with Crippen molar-refractivity contribution in [2.45, 2.75) is 13.5 Å². The lowest BCUT2D eigenvalue weighted by molar-refractivity contribution is -0.384. The topological polar surface area (TPSA) is 126 Å². The van der Waals surface area contributed by atoms with Crippen LogP contribution in [0.15, 0.2) is 29.4 Å². The number of nitrogens with one attached hydrogen (secondary N) is 1. The van der Waals surface area contributed by atoms with Crippen molar-refractivity contribution in [2.75, 3.05) is 43.7 Å². The highest BCUT2D eigenvalue weighted by atomic mass is 16.6. The van der Waals surface area contributed by atoms with Crippen LogP contribution in [0, 0.1) is 28.4 Å². The maximum atomic E-state index is 11.2. The molecule has 10 nitrogen and oxygen atoms in total. The highest BCUT2D eigenvalue weighted by Crippen LogP contribution is 2.25. The molecule has 0 radical (unpaired) electrons. The number of hydrogen-bond acceptors (Lipinski definition) is 9. The van der Waals surface area contributed by atoms with E-state index in [9.17, 15) is 15.4 Å². The second-order valence-corrected chi connectivity index (χ2v) is 6.66. The quantitative estimate of drug-likeness (QED) is 0.419. The van der Waals surface area contributed by atoms with Gasteiger partial charge < -0.3 is 14.4 Å². The van der Waals surface area contributed by atoms with Crippen LogP contribution in [0.2, 0.25) is 0 Å². The highest BCUT2D eigenvalue weighted by molar-refractivity contribution is 5.89. The Hall–Kier alpha value is -3.55. The number of nitriles is 1. The molecule has 2 aromatic rings. The van der Waals surface area contributed by atoms with Gasteiger partial charge in [-0.1, -0.05) is 0 Å². The molecule has 1 saturated heterocycles. The number of hydrazone groups is 1. The second-order valence-electron chi connectivity index (χ2n) is 6.66. The minimum absolute atomic E-state index is 0.0257. The summed E-state index contributed by atoms with van der Waals surface area (Å²) in [6.07, 6.45) is 1.50. The fraction of sp³-hybridized carbons (Fsp3) is 0.350. The van der Waals surface area contributed by atoms with Gasteiger partial charge in [0.05, 0.1) is 31.0 Å². The van der Waals surface area contributed by atoms with E-state index in [4.69, 9.17) is 9.47 Å². The van der Waals surface area contributed by atoms with E-state index in [0.29, 0.717) is 54.5 Å². The zero-order valence-electron chi connectivity index (χ0n) is 16.8. The Morgan fingerprint density at radius 3 is 2.87 bits per heavy atom. The van der Waals surface area contributed by atoms with Crippen molar-refractivity contribution in [3.8, 4) is 6.07 Å². The van der Waals surface area contributed by atoms with Crippen molar-refractivity contribution in [2.24, 2.45) is 5.10 Å². The largest absolute Gasteiger partial charge is 0.380 e. The summed E-state index contributed by atoms with van der Waals surface area (Å²) >= 11 is 0. The summed E-state index contributed by atoms with van der Waals surface area (Å²) in [5.41, 5.74) is 5.94. The third-order valence-electron chi connectivity index (χ3n) is 4.59. The Balaban J connectivity index is 1.91. The minimum atomic E-state index is -0.444. The summed E-state index contributed by atoms with van der Waals surface area (Å²) in [6.45, 7) is 4.64. The monoisotopic (exact) mass is 410 g/mol. The summed E-state index contributed by atoms with van der Waals surface area (Å²) < 4.78 is 10.5. The highest BCUT2D eigenvalue weighted by Gasteiger charge is 2.17. The molecule has 0 atom stereocenters. The van der Waals surface area contributed by atoms with Gasteiger partial charge >= 0.3 is 0 Å². The van der Waals surface area contributed by atoms with Crippen molar-refractivity contribution in [3.05, 3.63) is 56.8 Å². The van der Waals surface area contributed by atoms with Crippen molar-refractivity contribution < 1.29 is 14.4 Å². The van der Waals surface area contributed by atoms with Crippen LogP contribution in [0.3, 0.4) is 0 Å². The molecule has 1 N–H and O–H groups in total. The number of pyridine rings is 1. The molecule has 1 aliphatic heterocycles. The van der Waals surface area contributed by atoms with Crippen molar-refractivity contribution in [1.29, 1.82) is 5.26 Å². The van der Waals surface area contributed by atoms with Crippen LogP contribution < -0.4 is 10.3 Å². The molecule has 3 rings (SSSR count). The van der Waals surface area contributed by atoms with Crippen LogP contribution in [0.1, 0.15) is 22.4 Å². The predicted octanol–water partition coefficient (Wildman–Crippen LogP) is 2.60. The van der Waals surface area contributed by atoms with Crippen molar-refractivity contribution in [3.63, 3.8) is 0 Å². The summed E-state index contributed by atoms with van der Waals surface area (Å²) in [5.74, 6) is 0.305. The van der Waals surface area contributed by atoms with Gasteiger partial charge in [0.15, 0.2) is 5.82 Å². The number of rotatable bonds is 7. The summed E-state index contributed by atoms with van der Waals surface area (Å²) in [4.78, 5) is 17.2. The SMILES string of the molecule is COCc1cc(C)nc(N/N=C\c2cc([N+](=O)[O-])ccc2N2CCOCC2)c1C#N. The molecule has 0 aliphatic carbocycles.